The Morgan fingerprint density at radius 3 is 2.47 bits per heavy atom. The molecule has 34 heavy (non-hydrogen) atoms. The van der Waals surface area contributed by atoms with E-state index in [9.17, 15) is 13.6 Å². The summed E-state index contributed by atoms with van der Waals surface area (Å²) < 4.78 is 26.9. The Morgan fingerprint density at radius 1 is 0.971 bits per heavy atom. The van der Waals surface area contributed by atoms with E-state index in [2.05, 4.69) is 27.4 Å². The molecular formula is C26H26ClF2N3OS. The second-order valence-corrected chi connectivity index (χ2v) is 10.3. The van der Waals surface area contributed by atoms with E-state index in [0.717, 1.165) is 40.5 Å². The van der Waals surface area contributed by atoms with Gasteiger partial charge in [0, 0.05) is 66.2 Å². The Labute approximate surface area is 207 Å². The highest BCUT2D eigenvalue weighted by molar-refractivity contribution is 7.14. The Bertz CT molecular complexity index is 1180. The van der Waals surface area contributed by atoms with Crippen molar-refractivity contribution >= 4 is 34.7 Å². The first-order valence-corrected chi connectivity index (χ1v) is 12.9. The van der Waals surface area contributed by atoms with Crippen LogP contribution in [-0.4, -0.2) is 47.9 Å². The van der Waals surface area contributed by atoms with Crippen molar-refractivity contribution in [3.8, 4) is 21.6 Å². The maximum absolute atomic E-state index is 13.4. The second kappa shape index (κ2) is 9.62. The first-order valence-electron chi connectivity index (χ1n) is 11.7. The number of aromatic nitrogens is 1. The summed E-state index contributed by atoms with van der Waals surface area (Å²) >= 11 is 8.21. The number of thiophene rings is 1. The highest BCUT2D eigenvalue weighted by Crippen LogP contribution is 2.37. The van der Waals surface area contributed by atoms with Gasteiger partial charge in [0.25, 0.3) is 11.8 Å². The fourth-order valence-electron chi connectivity index (χ4n) is 4.60. The Hall–Kier alpha value is -2.51. The maximum Gasteiger partial charge on any atom is 0.253 e. The molecule has 0 bridgehead atoms. The first-order chi connectivity index (χ1) is 16.4. The maximum atomic E-state index is 13.4. The molecule has 4 nitrogen and oxygen atoms in total. The first kappa shape index (κ1) is 23.2. The minimum Gasteiger partial charge on any atom is -0.357 e. The third-order valence-electron chi connectivity index (χ3n) is 6.62. The van der Waals surface area contributed by atoms with Crippen molar-refractivity contribution in [3.05, 3.63) is 58.6 Å². The minimum absolute atomic E-state index is 0.0600. The standard InChI is InChI=1S/C26H26ClF2N3OS/c27-22-14-19(25(33)32-12-7-26(28,29)8-13-32)4-5-21(22)20-15-23(34-17-20)18-6-9-30-24(16-18)31-10-2-1-3-11-31/h4-6,9,14-17H,1-3,7-8,10-13H2. The van der Waals surface area contributed by atoms with Crippen LogP contribution in [0.25, 0.3) is 21.6 Å². The lowest BCUT2D eigenvalue weighted by Crippen LogP contribution is -2.42. The number of nitrogens with zero attached hydrogens (tertiary/aromatic N) is 3. The van der Waals surface area contributed by atoms with Gasteiger partial charge in [-0.3, -0.25) is 4.79 Å². The van der Waals surface area contributed by atoms with Gasteiger partial charge in [-0.05, 0) is 66.1 Å². The number of carbonyl (C=O) groups is 1. The van der Waals surface area contributed by atoms with Crippen LogP contribution in [0.4, 0.5) is 14.6 Å². The van der Waals surface area contributed by atoms with Gasteiger partial charge in [-0.1, -0.05) is 17.7 Å². The SMILES string of the molecule is O=C(c1ccc(-c2csc(-c3ccnc(N4CCCCC4)c3)c2)c(Cl)c1)N1CCC(F)(F)CC1. The third kappa shape index (κ3) is 4.96. The molecule has 178 valence electrons. The quantitative estimate of drug-likeness (QED) is 0.386. The van der Waals surface area contributed by atoms with Gasteiger partial charge in [-0.2, -0.15) is 0 Å². The number of hydrogen-bond donors (Lipinski definition) is 0. The van der Waals surface area contributed by atoms with Crippen LogP contribution in [0.2, 0.25) is 5.02 Å². The molecule has 0 radical (unpaired) electrons. The molecule has 0 spiro atoms. The molecule has 2 aromatic heterocycles. The fraction of sp³-hybridized carbons (Fsp3) is 0.385. The summed E-state index contributed by atoms with van der Waals surface area (Å²) in [4.78, 5) is 22.3. The molecule has 0 unspecified atom stereocenters. The van der Waals surface area contributed by atoms with Crippen LogP contribution in [-0.2, 0) is 0 Å². The van der Waals surface area contributed by atoms with Gasteiger partial charge in [0.05, 0.1) is 0 Å². The lowest BCUT2D eigenvalue weighted by Gasteiger charge is -2.31. The van der Waals surface area contributed by atoms with Crippen molar-refractivity contribution < 1.29 is 13.6 Å². The van der Waals surface area contributed by atoms with Gasteiger partial charge in [0.15, 0.2) is 0 Å². The number of amides is 1. The summed E-state index contributed by atoms with van der Waals surface area (Å²) in [5, 5.41) is 2.53. The summed E-state index contributed by atoms with van der Waals surface area (Å²) in [6.45, 7) is 2.22. The monoisotopic (exact) mass is 501 g/mol. The van der Waals surface area contributed by atoms with E-state index in [1.807, 2.05) is 18.3 Å². The number of anilines is 1. The van der Waals surface area contributed by atoms with Gasteiger partial charge in [-0.25, -0.2) is 13.8 Å². The van der Waals surface area contributed by atoms with E-state index < -0.39 is 5.92 Å². The van der Waals surface area contributed by atoms with E-state index in [1.165, 1.54) is 24.2 Å². The highest BCUT2D eigenvalue weighted by Gasteiger charge is 2.35. The molecule has 2 fully saturated rings. The van der Waals surface area contributed by atoms with Crippen LogP contribution in [0, 0.1) is 0 Å². The van der Waals surface area contributed by atoms with Crippen LogP contribution in [0.3, 0.4) is 0 Å². The van der Waals surface area contributed by atoms with Crippen LogP contribution in [0.5, 0.6) is 0 Å². The fourth-order valence-corrected chi connectivity index (χ4v) is 5.79. The number of carbonyl (C=O) groups excluding carboxylic acids is 1. The molecule has 8 heteroatoms. The molecule has 0 aliphatic carbocycles. The van der Waals surface area contributed by atoms with Crippen LogP contribution >= 0.6 is 22.9 Å². The molecule has 2 aliphatic heterocycles. The van der Waals surface area contributed by atoms with E-state index in [0.29, 0.717) is 10.6 Å². The molecule has 0 saturated carbocycles. The number of benzene rings is 1. The smallest absolute Gasteiger partial charge is 0.253 e. The van der Waals surface area contributed by atoms with Crippen molar-refractivity contribution in [1.82, 2.24) is 9.88 Å². The zero-order chi connectivity index (χ0) is 23.7. The molecular weight excluding hydrogens is 476 g/mol. The average molecular weight is 502 g/mol. The average Bonchev–Trinajstić information content (AvgIpc) is 3.34. The topological polar surface area (TPSA) is 36.4 Å². The van der Waals surface area contributed by atoms with Crippen molar-refractivity contribution in [2.75, 3.05) is 31.1 Å². The largest absolute Gasteiger partial charge is 0.357 e. The lowest BCUT2D eigenvalue weighted by molar-refractivity contribution is -0.0494. The zero-order valence-electron chi connectivity index (χ0n) is 18.8. The minimum atomic E-state index is -2.68. The molecule has 5 rings (SSSR count). The Balaban J connectivity index is 1.33. The van der Waals surface area contributed by atoms with E-state index in [1.54, 1.807) is 23.5 Å². The van der Waals surface area contributed by atoms with Crippen LogP contribution in [0.15, 0.2) is 48.0 Å². The Morgan fingerprint density at radius 2 is 1.74 bits per heavy atom. The van der Waals surface area contributed by atoms with Crippen LogP contribution in [0.1, 0.15) is 42.5 Å². The highest BCUT2D eigenvalue weighted by atomic mass is 35.5. The van der Waals surface area contributed by atoms with Crippen molar-refractivity contribution in [2.24, 2.45) is 0 Å². The third-order valence-corrected chi connectivity index (χ3v) is 7.91. The number of rotatable bonds is 4. The molecule has 2 saturated heterocycles. The molecule has 3 aromatic rings. The van der Waals surface area contributed by atoms with Gasteiger partial charge in [-0.15, -0.1) is 11.3 Å². The molecule has 0 atom stereocenters. The summed E-state index contributed by atoms with van der Waals surface area (Å²) in [5.74, 6) is -1.92. The number of pyridine rings is 1. The van der Waals surface area contributed by atoms with Gasteiger partial charge < -0.3 is 9.80 Å². The lowest BCUT2D eigenvalue weighted by atomic mass is 10.0. The molecule has 1 amide bonds. The normalized spacial score (nSPS) is 18.2. The van der Waals surface area contributed by atoms with Crippen molar-refractivity contribution in [2.45, 2.75) is 38.0 Å². The van der Waals surface area contributed by atoms with E-state index in [4.69, 9.17) is 11.6 Å². The zero-order valence-corrected chi connectivity index (χ0v) is 20.3. The predicted molar refractivity (Wildman–Crippen MR) is 134 cm³/mol. The molecule has 1 aromatic carbocycles. The van der Waals surface area contributed by atoms with Crippen molar-refractivity contribution in [1.29, 1.82) is 0 Å². The summed E-state index contributed by atoms with van der Waals surface area (Å²) in [6, 6.07) is 11.5. The number of hydrogen-bond acceptors (Lipinski definition) is 4. The van der Waals surface area contributed by atoms with Gasteiger partial charge >= 0.3 is 0 Å². The summed E-state index contributed by atoms with van der Waals surface area (Å²) in [7, 11) is 0. The van der Waals surface area contributed by atoms with E-state index >= 15 is 0 Å². The van der Waals surface area contributed by atoms with E-state index in [-0.39, 0.29) is 31.8 Å². The molecule has 4 heterocycles. The molecule has 2 aliphatic rings. The Kier molecular flexibility index (Phi) is 6.58. The number of alkyl halides is 2. The summed E-state index contributed by atoms with van der Waals surface area (Å²) in [6.07, 6.45) is 4.96. The van der Waals surface area contributed by atoms with Gasteiger partial charge in [0.2, 0.25) is 0 Å². The number of piperidine rings is 2. The number of halogens is 3. The predicted octanol–water partition coefficient (Wildman–Crippen LogP) is 6.99. The summed E-state index contributed by atoms with van der Waals surface area (Å²) in [5.41, 5.74) is 3.38. The second-order valence-electron chi connectivity index (χ2n) is 8.99. The van der Waals surface area contributed by atoms with Crippen molar-refractivity contribution in [3.63, 3.8) is 0 Å². The molecule has 0 N–H and O–H groups in total. The van der Waals surface area contributed by atoms with Crippen LogP contribution < -0.4 is 4.90 Å². The van der Waals surface area contributed by atoms with Gasteiger partial charge in [0.1, 0.15) is 5.82 Å². The number of likely N-dealkylation sites (tertiary alicyclic amines) is 1.